The van der Waals surface area contributed by atoms with Gasteiger partial charge in [-0.25, -0.2) is 19.1 Å². The van der Waals surface area contributed by atoms with Crippen LogP contribution in [0.4, 0.5) is 0 Å². The monoisotopic (exact) mass is 809 g/mol. The van der Waals surface area contributed by atoms with Crippen molar-refractivity contribution in [2.75, 3.05) is 0 Å². The molecular formula is C52H49N7O2+2. The minimum atomic E-state index is -2.42. The molecule has 5 aromatic carbocycles. The molecule has 5 heterocycles. The van der Waals surface area contributed by atoms with E-state index < -0.39 is 14.0 Å². The third-order valence-electron chi connectivity index (χ3n) is 11.3. The van der Waals surface area contributed by atoms with Crippen molar-refractivity contribution in [2.24, 2.45) is 14.0 Å². The molecule has 9 nitrogen and oxygen atoms in total. The van der Waals surface area contributed by atoms with E-state index in [1.807, 2.05) is 112 Å². The van der Waals surface area contributed by atoms with E-state index in [0.717, 1.165) is 55.3 Å². The van der Waals surface area contributed by atoms with Crippen LogP contribution in [0, 0.1) is 0 Å². The average molecular weight is 810 g/mol. The maximum atomic E-state index is 8.36. The van der Waals surface area contributed by atoms with Crippen LogP contribution in [0.1, 0.15) is 60.9 Å². The van der Waals surface area contributed by atoms with E-state index >= 15 is 0 Å². The molecule has 0 N–H and O–H groups in total. The first-order valence-corrected chi connectivity index (χ1v) is 20.3. The van der Waals surface area contributed by atoms with Crippen LogP contribution in [0.15, 0.2) is 152 Å². The molecule has 61 heavy (non-hydrogen) atoms. The molecule has 0 saturated heterocycles. The van der Waals surface area contributed by atoms with Crippen LogP contribution in [-0.4, -0.2) is 23.7 Å². The number of hydrogen-bond donors (Lipinski definition) is 0. The number of hydrogen-bond acceptors (Lipinski definition) is 4. The van der Waals surface area contributed by atoms with Crippen molar-refractivity contribution in [1.29, 1.82) is 0 Å². The number of pyridine rings is 2. The zero-order chi connectivity index (χ0) is 47.2. The van der Waals surface area contributed by atoms with Gasteiger partial charge in [0.15, 0.2) is 22.1 Å². The summed E-state index contributed by atoms with van der Waals surface area (Å²) in [4.78, 5) is 9.20. The van der Waals surface area contributed by atoms with Crippen molar-refractivity contribution in [2.45, 2.75) is 52.4 Å². The van der Waals surface area contributed by atoms with Gasteiger partial charge in [-0.15, -0.1) is 0 Å². The molecule has 0 fully saturated rings. The highest BCUT2D eigenvalue weighted by Gasteiger charge is 2.23. The molecule has 0 spiro atoms. The third kappa shape index (κ3) is 6.85. The molecule has 0 saturated carbocycles. The van der Waals surface area contributed by atoms with Gasteiger partial charge in [0.1, 0.15) is 22.9 Å². The van der Waals surface area contributed by atoms with E-state index in [9.17, 15) is 0 Å². The molecule has 0 amide bonds. The summed E-state index contributed by atoms with van der Waals surface area (Å²) < 4.78 is 72.0. The van der Waals surface area contributed by atoms with Gasteiger partial charge in [0.05, 0.1) is 38.9 Å². The Labute approximate surface area is 363 Å². The highest BCUT2D eigenvalue weighted by Crippen LogP contribution is 2.39. The topological polar surface area (TPSA) is 66.8 Å². The maximum absolute atomic E-state index is 8.36. The molecule has 10 aromatic rings. The van der Waals surface area contributed by atoms with Gasteiger partial charge in [-0.1, -0.05) is 65.8 Å². The molecular weight excluding hydrogens is 755 g/mol. The van der Waals surface area contributed by atoms with E-state index in [-0.39, 0.29) is 10.8 Å². The second-order valence-electron chi connectivity index (χ2n) is 17.6. The second-order valence-corrected chi connectivity index (χ2v) is 17.6. The number of aromatic nitrogens is 7. The molecule has 0 unspecified atom stereocenters. The van der Waals surface area contributed by atoms with Crippen molar-refractivity contribution in [3.8, 4) is 40.3 Å². The van der Waals surface area contributed by atoms with Gasteiger partial charge in [0, 0.05) is 65.6 Å². The van der Waals surface area contributed by atoms with Crippen molar-refractivity contribution in [3.05, 3.63) is 164 Å². The fourth-order valence-electron chi connectivity index (χ4n) is 8.12. The van der Waals surface area contributed by atoms with Crippen LogP contribution in [-0.2, 0) is 24.8 Å². The van der Waals surface area contributed by atoms with E-state index in [2.05, 4.69) is 68.2 Å². The highest BCUT2D eigenvalue weighted by atomic mass is 16.5. The normalized spacial score (nSPS) is 14.1. The quantitative estimate of drug-likeness (QED) is 0.150. The molecule has 10 rings (SSSR count). The first-order valence-electron chi connectivity index (χ1n) is 23.3. The minimum absolute atomic E-state index is 0.152. The van der Waals surface area contributed by atoms with Crippen molar-refractivity contribution in [1.82, 2.24) is 23.7 Å². The zero-order valence-corrected chi connectivity index (χ0v) is 34.9. The first kappa shape index (κ1) is 31.6. The van der Waals surface area contributed by atoms with Crippen molar-refractivity contribution < 1.29 is 26.8 Å². The molecule has 0 aliphatic heterocycles. The van der Waals surface area contributed by atoms with Crippen LogP contribution in [0.2, 0.25) is 0 Å². The smallest absolute Gasteiger partial charge is 0.249 e. The van der Waals surface area contributed by atoms with E-state index in [0.29, 0.717) is 40.0 Å². The third-order valence-corrected chi connectivity index (χ3v) is 11.3. The number of benzene rings is 5. The van der Waals surface area contributed by atoms with Crippen molar-refractivity contribution in [3.63, 3.8) is 0 Å². The lowest BCUT2D eigenvalue weighted by molar-refractivity contribution is -0.645. The fourth-order valence-corrected chi connectivity index (χ4v) is 8.12. The van der Waals surface area contributed by atoms with Gasteiger partial charge in [0.2, 0.25) is 24.4 Å². The molecule has 5 aromatic heterocycles. The van der Waals surface area contributed by atoms with Gasteiger partial charge in [-0.3, -0.25) is 0 Å². The first-order chi connectivity index (χ1) is 31.7. The Balaban J connectivity index is 1.24. The zero-order valence-electron chi connectivity index (χ0n) is 40.9. The number of nitrogens with zero attached hydrogens (tertiary/aromatic N) is 7. The summed E-state index contributed by atoms with van der Waals surface area (Å²) in [6.45, 7) is 8.00. The lowest BCUT2D eigenvalue weighted by Gasteiger charge is -2.20. The molecule has 9 heteroatoms. The van der Waals surface area contributed by atoms with E-state index in [1.165, 1.54) is 9.13 Å². The predicted octanol–water partition coefficient (Wildman–Crippen LogP) is 11.3. The van der Waals surface area contributed by atoms with Crippen LogP contribution in [0.3, 0.4) is 0 Å². The predicted molar refractivity (Wildman–Crippen MR) is 243 cm³/mol. The largest absolute Gasteiger partial charge is 0.439 e. The summed E-state index contributed by atoms with van der Waals surface area (Å²) in [6, 6.07) is 40.6. The molecule has 0 atom stereocenters. The van der Waals surface area contributed by atoms with E-state index in [4.69, 9.17) is 17.7 Å². The number of imidazole rings is 2. The highest BCUT2D eigenvalue weighted by molar-refractivity contribution is 6.10. The van der Waals surface area contributed by atoms with E-state index in [1.54, 1.807) is 37.2 Å². The summed E-state index contributed by atoms with van der Waals surface area (Å²) in [5.41, 5.74) is 8.19. The number of aryl methyl sites for hydroxylation is 2. The Hall–Kier alpha value is -7.26. The van der Waals surface area contributed by atoms with Gasteiger partial charge in [0.25, 0.3) is 0 Å². The summed E-state index contributed by atoms with van der Waals surface area (Å²) >= 11 is 0. The number of fused-ring (bicyclic) bond motifs is 5. The summed E-state index contributed by atoms with van der Waals surface area (Å²) in [7, 11) is 0. The molecule has 0 radical (unpaired) electrons. The molecule has 0 aliphatic carbocycles. The SMILES string of the molecule is [2H]C([2H])([2H])[n+]1cn(-c2ccc3c4ccc(-n5c[n+](C([2H])([2H])[2H])c6ccccc65)cc4n(-c4cc(Oc5cc(C(C)(C)C)ccn5)cc(Oc5cc(C(C)(C)C)ccn5)c4)c3c2)c2ccccc21. The van der Waals surface area contributed by atoms with Crippen LogP contribution in [0.25, 0.3) is 60.9 Å². The van der Waals surface area contributed by atoms with Crippen molar-refractivity contribution >= 4 is 43.9 Å². The Bertz CT molecular complexity index is 3330. The number of para-hydroxylation sites is 4. The van der Waals surface area contributed by atoms with Crippen LogP contribution >= 0.6 is 0 Å². The fraction of sp³-hybridized carbons (Fsp3) is 0.192. The number of rotatable bonds is 7. The Morgan fingerprint density at radius 3 is 1.39 bits per heavy atom. The average Bonchev–Trinajstić information content (AvgIpc) is 3.96. The standard InChI is InChI=1S/C52H49N7O2/c1-51(2,3)34-21-23-53-49(25-34)60-39-27-38(28-40(31-39)61-50-26-35(22-24-54-50)52(4,5)6)59-47-29-36(57-32-55(7)43-13-9-11-15-45(43)57)17-19-41(47)42-20-18-37(30-48(42)59)58-33-56(8)44-14-10-12-16-46(44)58/h9-33H,1-8H3/q+2/i7D3,8D3. The van der Waals surface area contributed by atoms with Gasteiger partial charge in [-0.05, 0) is 82.6 Å². The lowest BCUT2D eigenvalue weighted by atomic mass is 9.88. The number of ether oxygens (including phenoxy) is 2. The van der Waals surface area contributed by atoms with Crippen LogP contribution < -0.4 is 18.6 Å². The summed E-state index contributed by atoms with van der Waals surface area (Å²) in [5, 5.41) is 1.85. The Morgan fingerprint density at radius 2 is 0.951 bits per heavy atom. The molecule has 0 aliphatic rings. The summed E-state index contributed by atoms with van der Waals surface area (Å²) in [5.74, 6) is 1.76. The Morgan fingerprint density at radius 1 is 0.492 bits per heavy atom. The Kier molecular flexibility index (Phi) is 7.36. The minimum Gasteiger partial charge on any atom is -0.439 e. The van der Waals surface area contributed by atoms with Crippen LogP contribution in [0.5, 0.6) is 23.3 Å². The molecule has 302 valence electrons. The van der Waals surface area contributed by atoms with Gasteiger partial charge < -0.3 is 14.0 Å². The van der Waals surface area contributed by atoms with Gasteiger partial charge >= 0.3 is 0 Å². The maximum Gasteiger partial charge on any atom is 0.249 e. The lowest BCUT2D eigenvalue weighted by Crippen LogP contribution is -2.25. The second kappa shape index (κ2) is 14.2. The van der Waals surface area contributed by atoms with Gasteiger partial charge in [-0.2, -0.15) is 9.13 Å². The molecule has 0 bridgehead atoms. The summed E-state index contributed by atoms with van der Waals surface area (Å²) in [6.07, 6.45) is 6.74.